The van der Waals surface area contributed by atoms with Gasteiger partial charge in [-0.05, 0) is 12.1 Å². The Balaban J connectivity index is 3.10. The molecular formula is C16H26N2O5SSi. The van der Waals surface area contributed by atoms with Crippen LogP contribution in [-0.4, -0.2) is 52.5 Å². The van der Waals surface area contributed by atoms with E-state index in [1.54, 1.807) is 6.08 Å². The lowest BCUT2D eigenvalue weighted by Crippen LogP contribution is -2.34. The Labute approximate surface area is 150 Å². The molecule has 0 saturated carbocycles. The predicted molar refractivity (Wildman–Crippen MR) is 101 cm³/mol. The van der Waals surface area contributed by atoms with Crippen molar-refractivity contribution < 1.29 is 18.1 Å². The van der Waals surface area contributed by atoms with Gasteiger partial charge in [0.2, 0.25) is 10.0 Å². The van der Waals surface area contributed by atoms with Gasteiger partial charge in [-0.3, -0.25) is 10.1 Å². The summed E-state index contributed by atoms with van der Waals surface area (Å²) in [4.78, 5) is 10.2. The second kappa shape index (κ2) is 9.23. The molecule has 1 aromatic rings. The first-order valence-corrected chi connectivity index (χ1v) is 13.1. The molecule has 0 N–H and O–H groups in total. The Bertz CT molecular complexity index is 713. The van der Waals surface area contributed by atoms with E-state index in [1.165, 1.54) is 35.7 Å². The van der Waals surface area contributed by atoms with Crippen molar-refractivity contribution in [3.63, 3.8) is 0 Å². The molecular weight excluding hydrogens is 360 g/mol. The maximum atomic E-state index is 12.9. The topological polar surface area (TPSA) is 89.8 Å². The number of hydrogen-bond acceptors (Lipinski definition) is 5. The van der Waals surface area contributed by atoms with Gasteiger partial charge in [0, 0.05) is 34.3 Å². The number of rotatable bonds is 10. The molecule has 0 fully saturated rings. The van der Waals surface area contributed by atoms with Crippen molar-refractivity contribution in [1.29, 1.82) is 0 Å². The SMILES string of the molecule is COCCN(CC=CC[Si](C)(C)C)S(=O)(=O)c1ccccc1[N+](=O)[O-]. The first-order valence-electron chi connectivity index (χ1n) is 7.97. The summed E-state index contributed by atoms with van der Waals surface area (Å²) in [6.07, 6.45) is 3.79. The average Bonchev–Trinajstić information content (AvgIpc) is 2.52. The number of para-hydroxylation sites is 1. The molecule has 0 heterocycles. The van der Waals surface area contributed by atoms with Gasteiger partial charge in [-0.1, -0.05) is 43.9 Å². The van der Waals surface area contributed by atoms with Crippen molar-refractivity contribution in [3.8, 4) is 0 Å². The van der Waals surface area contributed by atoms with Crippen LogP contribution >= 0.6 is 0 Å². The zero-order valence-corrected chi connectivity index (χ0v) is 17.0. The summed E-state index contributed by atoms with van der Waals surface area (Å²) in [7, 11) is -3.77. The minimum absolute atomic E-state index is 0.127. The number of methoxy groups -OCH3 is 1. The van der Waals surface area contributed by atoms with Gasteiger partial charge >= 0.3 is 0 Å². The van der Waals surface area contributed by atoms with E-state index in [-0.39, 0.29) is 24.6 Å². The van der Waals surface area contributed by atoms with Crippen molar-refractivity contribution in [2.45, 2.75) is 30.6 Å². The molecule has 0 bridgehead atoms. The highest BCUT2D eigenvalue weighted by Gasteiger charge is 2.30. The number of hydrogen-bond donors (Lipinski definition) is 0. The van der Waals surface area contributed by atoms with Crippen LogP contribution in [-0.2, 0) is 14.8 Å². The van der Waals surface area contributed by atoms with Gasteiger partial charge in [0.15, 0.2) is 4.90 Å². The summed E-state index contributed by atoms with van der Waals surface area (Å²) < 4.78 is 32.0. The van der Waals surface area contributed by atoms with Gasteiger partial charge in [0.05, 0.1) is 11.5 Å². The highest BCUT2D eigenvalue weighted by Crippen LogP contribution is 2.26. The minimum Gasteiger partial charge on any atom is -0.383 e. The van der Waals surface area contributed by atoms with E-state index < -0.39 is 28.7 Å². The summed E-state index contributed by atoms with van der Waals surface area (Å²) in [5, 5.41) is 11.2. The summed E-state index contributed by atoms with van der Waals surface area (Å²) in [6.45, 7) is 7.17. The molecule has 0 spiro atoms. The summed E-state index contributed by atoms with van der Waals surface area (Å²) >= 11 is 0. The van der Waals surface area contributed by atoms with E-state index in [4.69, 9.17) is 4.74 Å². The van der Waals surface area contributed by atoms with Crippen LogP contribution in [0.2, 0.25) is 25.7 Å². The number of nitrogens with zero attached hydrogens (tertiary/aromatic N) is 2. The Hall–Kier alpha value is -1.55. The molecule has 140 valence electrons. The zero-order chi connectivity index (χ0) is 19.1. The smallest absolute Gasteiger partial charge is 0.289 e. The largest absolute Gasteiger partial charge is 0.383 e. The number of nitro benzene ring substituents is 1. The normalized spacial score (nSPS) is 12.8. The summed E-state index contributed by atoms with van der Waals surface area (Å²) in [6, 6.07) is 6.33. The number of benzene rings is 1. The maximum Gasteiger partial charge on any atom is 0.289 e. The van der Waals surface area contributed by atoms with Gasteiger partial charge in [-0.2, -0.15) is 4.31 Å². The highest BCUT2D eigenvalue weighted by atomic mass is 32.2. The first-order chi connectivity index (χ1) is 11.6. The van der Waals surface area contributed by atoms with Gasteiger partial charge in [-0.15, -0.1) is 0 Å². The molecule has 0 saturated heterocycles. The van der Waals surface area contributed by atoms with Crippen molar-refractivity contribution in [2.75, 3.05) is 26.8 Å². The van der Waals surface area contributed by atoms with E-state index in [2.05, 4.69) is 19.6 Å². The van der Waals surface area contributed by atoms with Crippen LogP contribution in [0.25, 0.3) is 0 Å². The van der Waals surface area contributed by atoms with E-state index in [0.717, 1.165) is 6.04 Å². The zero-order valence-electron chi connectivity index (χ0n) is 15.1. The number of nitro groups is 1. The van der Waals surface area contributed by atoms with Crippen LogP contribution < -0.4 is 0 Å². The van der Waals surface area contributed by atoms with Gasteiger partial charge in [0.25, 0.3) is 5.69 Å². The summed E-state index contributed by atoms with van der Waals surface area (Å²) in [5.74, 6) is 0. The molecule has 0 aliphatic carbocycles. The quantitative estimate of drug-likeness (QED) is 0.267. The minimum atomic E-state index is -3.99. The first kappa shape index (κ1) is 21.5. The monoisotopic (exact) mass is 386 g/mol. The molecule has 0 unspecified atom stereocenters. The van der Waals surface area contributed by atoms with Crippen LogP contribution in [0.1, 0.15) is 0 Å². The van der Waals surface area contributed by atoms with Crippen LogP contribution in [0, 0.1) is 10.1 Å². The van der Waals surface area contributed by atoms with Crippen LogP contribution in [0.5, 0.6) is 0 Å². The maximum absolute atomic E-state index is 12.9. The second-order valence-corrected chi connectivity index (χ2v) is 14.3. The van der Waals surface area contributed by atoms with Crippen molar-refractivity contribution in [2.24, 2.45) is 0 Å². The third-order valence-corrected chi connectivity index (χ3v) is 6.80. The predicted octanol–water partition coefficient (Wildman–Crippen LogP) is 3.13. The molecule has 0 radical (unpaired) electrons. The van der Waals surface area contributed by atoms with E-state index >= 15 is 0 Å². The molecule has 0 aromatic heterocycles. The third kappa shape index (κ3) is 6.69. The Morgan fingerprint density at radius 2 is 1.88 bits per heavy atom. The number of allylic oxidation sites excluding steroid dienone is 1. The lowest BCUT2D eigenvalue weighted by molar-refractivity contribution is -0.387. The van der Waals surface area contributed by atoms with Crippen molar-refractivity contribution in [1.82, 2.24) is 4.31 Å². The van der Waals surface area contributed by atoms with Crippen molar-refractivity contribution in [3.05, 3.63) is 46.5 Å². The van der Waals surface area contributed by atoms with E-state index in [0.29, 0.717) is 0 Å². The summed E-state index contributed by atoms with van der Waals surface area (Å²) in [5.41, 5.74) is -0.420. The number of sulfonamides is 1. The fraction of sp³-hybridized carbons (Fsp3) is 0.500. The third-order valence-electron chi connectivity index (χ3n) is 3.43. The fourth-order valence-electron chi connectivity index (χ4n) is 2.10. The molecule has 0 aliphatic rings. The Morgan fingerprint density at radius 1 is 1.24 bits per heavy atom. The lowest BCUT2D eigenvalue weighted by atomic mass is 10.3. The number of ether oxygens (including phenoxy) is 1. The molecule has 25 heavy (non-hydrogen) atoms. The average molecular weight is 387 g/mol. The van der Waals surface area contributed by atoms with Crippen LogP contribution in [0.3, 0.4) is 0 Å². The van der Waals surface area contributed by atoms with E-state index in [9.17, 15) is 18.5 Å². The van der Waals surface area contributed by atoms with Crippen molar-refractivity contribution >= 4 is 23.8 Å². The molecule has 1 rings (SSSR count). The van der Waals surface area contributed by atoms with Crippen LogP contribution in [0.4, 0.5) is 5.69 Å². The fourth-order valence-corrected chi connectivity index (χ4v) is 4.50. The van der Waals surface area contributed by atoms with E-state index in [1.807, 2.05) is 6.08 Å². The molecule has 0 aliphatic heterocycles. The van der Waals surface area contributed by atoms with Gasteiger partial charge < -0.3 is 4.74 Å². The van der Waals surface area contributed by atoms with Gasteiger partial charge in [0.1, 0.15) is 0 Å². The molecule has 1 aromatic carbocycles. The Kier molecular flexibility index (Phi) is 7.93. The lowest BCUT2D eigenvalue weighted by Gasteiger charge is -2.20. The molecule has 9 heteroatoms. The molecule has 0 amide bonds. The Morgan fingerprint density at radius 3 is 2.44 bits per heavy atom. The standard InChI is InChI=1S/C16H26N2O5SSi/c1-23-13-12-17(11-7-8-14-25(2,3)4)24(21,22)16-10-6-5-9-15(16)18(19)20/h5-10H,11-14H2,1-4H3. The second-order valence-electron chi connectivity index (χ2n) is 6.82. The molecule has 7 nitrogen and oxygen atoms in total. The molecule has 0 atom stereocenters. The van der Waals surface area contributed by atoms with Gasteiger partial charge in [-0.25, -0.2) is 8.42 Å². The van der Waals surface area contributed by atoms with Crippen LogP contribution in [0.15, 0.2) is 41.3 Å². The highest BCUT2D eigenvalue weighted by molar-refractivity contribution is 7.89.